The van der Waals surface area contributed by atoms with Crippen LogP contribution in [0.5, 0.6) is 11.5 Å². The topological polar surface area (TPSA) is 73.6 Å². The Hall–Kier alpha value is -1.46. The zero-order chi connectivity index (χ0) is 15.3. The van der Waals surface area contributed by atoms with E-state index in [1.807, 2.05) is 13.8 Å². The van der Waals surface area contributed by atoms with Crippen molar-refractivity contribution in [2.75, 3.05) is 19.5 Å². The number of nitrogens with two attached hydrogens (primary N) is 1. The third kappa shape index (κ3) is 3.77. The molecule has 0 fully saturated rings. The van der Waals surface area contributed by atoms with Gasteiger partial charge in [-0.2, -0.15) is 0 Å². The maximum atomic E-state index is 12.1. The van der Waals surface area contributed by atoms with Crippen LogP contribution >= 0.6 is 11.6 Å². The van der Waals surface area contributed by atoms with Gasteiger partial charge in [0.25, 0.3) is 0 Å². The van der Waals surface area contributed by atoms with Crippen LogP contribution in [0.3, 0.4) is 0 Å². The molecule has 0 radical (unpaired) electrons. The lowest BCUT2D eigenvalue weighted by Gasteiger charge is -2.19. The molecule has 0 bridgehead atoms. The summed E-state index contributed by atoms with van der Waals surface area (Å²) in [6.45, 7) is 3.92. The van der Waals surface area contributed by atoms with Crippen LogP contribution in [0.15, 0.2) is 12.1 Å². The molecule has 2 atom stereocenters. The molecule has 1 aromatic carbocycles. The van der Waals surface area contributed by atoms with E-state index in [4.69, 9.17) is 26.8 Å². The van der Waals surface area contributed by atoms with E-state index in [0.717, 1.165) is 6.42 Å². The summed E-state index contributed by atoms with van der Waals surface area (Å²) in [4.78, 5) is 12.1. The summed E-state index contributed by atoms with van der Waals surface area (Å²) in [7, 11) is 3.04. The molecule has 0 aliphatic carbocycles. The maximum Gasteiger partial charge on any atom is 0.241 e. The number of anilines is 1. The van der Waals surface area contributed by atoms with Crippen LogP contribution in [-0.2, 0) is 4.79 Å². The minimum absolute atomic E-state index is 0.0916. The first-order valence-corrected chi connectivity index (χ1v) is 6.80. The van der Waals surface area contributed by atoms with Crippen molar-refractivity contribution in [3.8, 4) is 11.5 Å². The van der Waals surface area contributed by atoms with E-state index < -0.39 is 6.04 Å². The van der Waals surface area contributed by atoms with Crippen LogP contribution in [0.2, 0.25) is 5.02 Å². The van der Waals surface area contributed by atoms with Crippen molar-refractivity contribution in [1.82, 2.24) is 0 Å². The smallest absolute Gasteiger partial charge is 0.241 e. The summed E-state index contributed by atoms with van der Waals surface area (Å²) in [5, 5.41) is 3.09. The number of carbonyl (C=O) groups excluding carboxylic acids is 1. The van der Waals surface area contributed by atoms with E-state index in [9.17, 15) is 4.79 Å². The molecule has 1 aromatic rings. The molecule has 20 heavy (non-hydrogen) atoms. The Labute approximate surface area is 124 Å². The fourth-order valence-electron chi connectivity index (χ4n) is 1.68. The number of hydrogen-bond donors (Lipinski definition) is 2. The van der Waals surface area contributed by atoms with Crippen molar-refractivity contribution in [1.29, 1.82) is 0 Å². The van der Waals surface area contributed by atoms with Gasteiger partial charge in [0.1, 0.15) is 0 Å². The van der Waals surface area contributed by atoms with Crippen molar-refractivity contribution in [2.24, 2.45) is 11.7 Å². The SMILES string of the molecule is CCC(C)[C@H](N)C(=O)Nc1cc(OC)c(OC)cc1Cl. The second-order valence-electron chi connectivity index (χ2n) is 4.59. The molecular formula is C14H21ClN2O3. The number of nitrogens with one attached hydrogen (secondary N) is 1. The summed E-state index contributed by atoms with van der Waals surface area (Å²) in [5.41, 5.74) is 6.34. The second kappa shape index (κ2) is 7.36. The molecule has 3 N–H and O–H groups in total. The molecule has 0 spiro atoms. The molecule has 1 amide bonds. The Morgan fingerprint density at radius 2 is 1.90 bits per heavy atom. The van der Waals surface area contributed by atoms with Gasteiger partial charge >= 0.3 is 0 Å². The fourth-order valence-corrected chi connectivity index (χ4v) is 1.88. The van der Waals surface area contributed by atoms with Gasteiger partial charge in [0.2, 0.25) is 5.91 Å². The first-order valence-electron chi connectivity index (χ1n) is 6.42. The third-order valence-electron chi connectivity index (χ3n) is 3.29. The number of ether oxygens (including phenoxy) is 2. The summed E-state index contributed by atoms with van der Waals surface area (Å²) in [6.07, 6.45) is 0.828. The van der Waals surface area contributed by atoms with Crippen molar-refractivity contribution >= 4 is 23.2 Å². The minimum Gasteiger partial charge on any atom is -0.493 e. The van der Waals surface area contributed by atoms with Crippen molar-refractivity contribution in [3.63, 3.8) is 0 Å². The van der Waals surface area contributed by atoms with Gasteiger partial charge in [0, 0.05) is 12.1 Å². The van der Waals surface area contributed by atoms with Gasteiger partial charge < -0.3 is 20.5 Å². The van der Waals surface area contributed by atoms with E-state index in [0.29, 0.717) is 22.2 Å². The molecule has 112 valence electrons. The first kappa shape index (κ1) is 16.6. The summed E-state index contributed by atoms with van der Waals surface area (Å²) >= 11 is 6.11. The molecule has 1 rings (SSSR count). The number of rotatable bonds is 6. The van der Waals surface area contributed by atoms with E-state index in [-0.39, 0.29) is 11.8 Å². The van der Waals surface area contributed by atoms with Crippen molar-refractivity contribution < 1.29 is 14.3 Å². The molecule has 0 saturated heterocycles. The second-order valence-corrected chi connectivity index (χ2v) is 4.99. The molecule has 0 aromatic heterocycles. The highest BCUT2D eigenvalue weighted by Crippen LogP contribution is 2.36. The molecule has 0 saturated carbocycles. The lowest BCUT2D eigenvalue weighted by molar-refractivity contribution is -0.118. The molecule has 0 aliphatic heterocycles. The van der Waals surface area contributed by atoms with Crippen LogP contribution in [0.1, 0.15) is 20.3 Å². The lowest BCUT2D eigenvalue weighted by atomic mass is 9.99. The van der Waals surface area contributed by atoms with Gasteiger partial charge in [-0.25, -0.2) is 0 Å². The fraction of sp³-hybridized carbons (Fsp3) is 0.500. The van der Waals surface area contributed by atoms with E-state index in [2.05, 4.69) is 5.32 Å². The highest BCUT2D eigenvalue weighted by molar-refractivity contribution is 6.34. The lowest BCUT2D eigenvalue weighted by Crippen LogP contribution is -2.40. The molecular weight excluding hydrogens is 280 g/mol. The van der Waals surface area contributed by atoms with Crippen molar-refractivity contribution in [3.05, 3.63) is 17.2 Å². The van der Waals surface area contributed by atoms with E-state index in [1.54, 1.807) is 12.1 Å². The van der Waals surface area contributed by atoms with Crippen LogP contribution in [-0.4, -0.2) is 26.2 Å². The van der Waals surface area contributed by atoms with Crippen LogP contribution in [0.4, 0.5) is 5.69 Å². The molecule has 5 nitrogen and oxygen atoms in total. The number of amides is 1. The van der Waals surface area contributed by atoms with Gasteiger partial charge in [-0.05, 0) is 5.92 Å². The monoisotopic (exact) mass is 300 g/mol. The molecule has 0 heterocycles. The third-order valence-corrected chi connectivity index (χ3v) is 3.60. The standard InChI is InChI=1S/C14H21ClN2O3/c1-5-8(2)13(16)14(18)17-10-7-12(20-4)11(19-3)6-9(10)15/h6-8,13H,5,16H2,1-4H3,(H,17,18)/t8?,13-/m0/s1. The largest absolute Gasteiger partial charge is 0.493 e. The highest BCUT2D eigenvalue weighted by Gasteiger charge is 2.21. The van der Waals surface area contributed by atoms with Crippen LogP contribution < -0.4 is 20.5 Å². The number of benzene rings is 1. The van der Waals surface area contributed by atoms with Gasteiger partial charge in [0.15, 0.2) is 11.5 Å². The minimum atomic E-state index is -0.579. The van der Waals surface area contributed by atoms with Gasteiger partial charge in [-0.15, -0.1) is 0 Å². The van der Waals surface area contributed by atoms with Gasteiger partial charge in [-0.1, -0.05) is 31.9 Å². The summed E-state index contributed by atoms with van der Waals surface area (Å²) in [5.74, 6) is 0.813. The Kier molecular flexibility index (Phi) is 6.10. The number of halogens is 1. The predicted molar refractivity (Wildman–Crippen MR) is 80.6 cm³/mol. The van der Waals surface area contributed by atoms with Crippen LogP contribution in [0.25, 0.3) is 0 Å². The van der Waals surface area contributed by atoms with Crippen LogP contribution in [0, 0.1) is 5.92 Å². The molecule has 1 unspecified atom stereocenters. The van der Waals surface area contributed by atoms with Gasteiger partial charge in [0.05, 0.1) is 31.0 Å². The van der Waals surface area contributed by atoms with E-state index in [1.165, 1.54) is 14.2 Å². The number of carbonyl (C=O) groups is 1. The Bertz CT molecular complexity index is 480. The predicted octanol–water partition coefficient (Wildman–Crippen LogP) is 2.67. The molecule has 6 heteroatoms. The summed E-state index contributed by atoms with van der Waals surface area (Å²) < 4.78 is 10.3. The van der Waals surface area contributed by atoms with Crippen molar-refractivity contribution in [2.45, 2.75) is 26.3 Å². The average Bonchev–Trinajstić information content (AvgIpc) is 2.46. The number of methoxy groups -OCH3 is 2. The first-order chi connectivity index (χ1) is 9.44. The quantitative estimate of drug-likeness (QED) is 0.847. The Morgan fingerprint density at radius 1 is 1.35 bits per heavy atom. The zero-order valence-corrected chi connectivity index (χ0v) is 13.0. The zero-order valence-electron chi connectivity index (χ0n) is 12.2. The Balaban J connectivity index is 2.95. The summed E-state index contributed by atoms with van der Waals surface area (Å²) in [6, 6.07) is 2.62. The Morgan fingerprint density at radius 3 is 2.40 bits per heavy atom. The maximum absolute atomic E-state index is 12.1. The number of hydrogen-bond acceptors (Lipinski definition) is 4. The normalized spacial score (nSPS) is 13.5. The van der Waals surface area contributed by atoms with E-state index >= 15 is 0 Å². The van der Waals surface area contributed by atoms with Gasteiger partial charge in [-0.3, -0.25) is 4.79 Å². The molecule has 0 aliphatic rings. The highest BCUT2D eigenvalue weighted by atomic mass is 35.5. The average molecular weight is 301 g/mol.